The number of benzene rings is 2. The van der Waals surface area contributed by atoms with Gasteiger partial charge in [0.05, 0.1) is 5.52 Å². The van der Waals surface area contributed by atoms with Gasteiger partial charge in [-0.2, -0.15) is 0 Å². The molecule has 0 atom stereocenters. The molecule has 0 fully saturated rings. The molecule has 4 rings (SSSR count). The Bertz CT molecular complexity index is 1060. The summed E-state index contributed by atoms with van der Waals surface area (Å²) in [7, 11) is 0. The highest BCUT2D eigenvalue weighted by Gasteiger charge is 2.13. The zero-order valence-electron chi connectivity index (χ0n) is 13.7. The van der Waals surface area contributed by atoms with Gasteiger partial charge in [-0.25, -0.2) is 0 Å². The summed E-state index contributed by atoms with van der Waals surface area (Å²) in [6.45, 7) is 1.04. The van der Waals surface area contributed by atoms with E-state index in [1.165, 1.54) is 6.07 Å². The number of hydrogen-bond donors (Lipinski definition) is 1. The highest BCUT2D eigenvalue weighted by Crippen LogP contribution is 2.32. The number of carbonyl (C=O) groups is 1. The number of nitrogens with zero attached hydrogens (tertiary/aromatic N) is 1. The molecule has 0 radical (unpaired) electrons. The number of ether oxygens (including phenoxy) is 2. The first-order valence-electron chi connectivity index (χ1n) is 8.08. The quantitative estimate of drug-likeness (QED) is 0.769. The van der Waals surface area contributed by atoms with E-state index < -0.39 is 0 Å². The van der Waals surface area contributed by atoms with Crippen LogP contribution in [0, 0.1) is 0 Å². The minimum absolute atomic E-state index is 0.0472. The fourth-order valence-electron chi connectivity index (χ4n) is 2.89. The Balaban J connectivity index is 1.57. The molecular formula is C19H15ClN2O4. The maximum atomic E-state index is 12.4. The van der Waals surface area contributed by atoms with E-state index in [-0.39, 0.29) is 17.9 Å². The van der Waals surface area contributed by atoms with E-state index in [0.717, 1.165) is 0 Å². The number of pyridine rings is 1. The van der Waals surface area contributed by atoms with Gasteiger partial charge in [0.25, 0.3) is 0 Å². The number of carbonyl (C=O) groups excluding carboxylic acids is 1. The fourth-order valence-corrected chi connectivity index (χ4v) is 3.06. The molecule has 0 saturated heterocycles. The lowest BCUT2D eigenvalue weighted by molar-refractivity contribution is -0.116. The lowest BCUT2D eigenvalue weighted by atomic mass is 10.2. The van der Waals surface area contributed by atoms with Gasteiger partial charge in [0.1, 0.15) is 19.8 Å². The van der Waals surface area contributed by atoms with Crippen LogP contribution in [0.3, 0.4) is 0 Å². The molecule has 132 valence electrons. The second kappa shape index (κ2) is 6.72. The van der Waals surface area contributed by atoms with Crippen molar-refractivity contribution in [2.75, 3.05) is 18.5 Å². The monoisotopic (exact) mass is 370 g/mol. The van der Waals surface area contributed by atoms with E-state index in [9.17, 15) is 9.59 Å². The predicted molar refractivity (Wildman–Crippen MR) is 99.3 cm³/mol. The Kier molecular flexibility index (Phi) is 4.26. The molecule has 0 unspecified atom stereocenters. The summed E-state index contributed by atoms with van der Waals surface area (Å²) < 4.78 is 12.7. The Labute approximate surface area is 153 Å². The molecule has 0 saturated carbocycles. The molecule has 1 aliphatic rings. The van der Waals surface area contributed by atoms with Crippen molar-refractivity contribution in [2.45, 2.75) is 6.54 Å². The van der Waals surface area contributed by atoms with Crippen LogP contribution in [0.5, 0.6) is 11.5 Å². The second-order valence-corrected chi connectivity index (χ2v) is 6.31. The van der Waals surface area contributed by atoms with Crippen LogP contribution >= 0.6 is 11.6 Å². The Morgan fingerprint density at radius 2 is 1.88 bits per heavy atom. The predicted octanol–water partition coefficient (Wildman–Crippen LogP) is 3.06. The van der Waals surface area contributed by atoms with Gasteiger partial charge in [0.15, 0.2) is 16.9 Å². The third-order valence-corrected chi connectivity index (χ3v) is 4.32. The summed E-state index contributed by atoms with van der Waals surface area (Å²) in [6.07, 6.45) is 1.59. The molecular weight excluding hydrogens is 356 g/mol. The number of hydrogen-bond acceptors (Lipinski definition) is 4. The Morgan fingerprint density at radius 3 is 2.73 bits per heavy atom. The van der Waals surface area contributed by atoms with Crippen molar-refractivity contribution in [1.82, 2.24) is 4.57 Å². The first-order chi connectivity index (χ1) is 12.6. The average molecular weight is 371 g/mol. The summed E-state index contributed by atoms with van der Waals surface area (Å²) in [5, 5.41) is 3.85. The van der Waals surface area contributed by atoms with Gasteiger partial charge in [-0.15, -0.1) is 0 Å². The van der Waals surface area contributed by atoms with Crippen molar-refractivity contribution in [3.05, 3.63) is 63.9 Å². The zero-order chi connectivity index (χ0) is 18.1. The first kappa shape index (κ1) is 16.5. The Morgan fingerprint density at radius 1 is 1.08 bits per heavy atom. The summed E-state index contributed by atoms with van der Waals surface area (Å²) in [5.74, 6) is 1.04. The zero-order valence-corrected chi connectivity index (χ0v) is 14.5. The number of amides is 1. The molecule has 1 amide bonds. The molecule has 0 spiro atoms. The summed E-state index contributed by atoms with van der Waals surface area (Å²) >= 11 is 6.04. The van der Waals surface area contributed by atoms with Gasteiger partial charge in [-0.05, 0) is 30.3 Å². The third kappa shape index (κ3) is 3.23. The first-order valence-corrected chi connectivity index (χ1v) is 8.46. The largest absolute Gasteiger partial charge is 0.486 e. The van der Waals surface area contributed by atoms with E-state index in [1.807, 2.05) is 0 Å². The van der Waals surface area contributed by atoms with Gasteiger partial charge >= 0.3 is 0 Å². The smallest absolute Gasteiger partial charge is 0.244 e. The normalized spacial score (nSPS) is 12.8. The van der Waals surface area contributed by atoms with Crippen molar-refractivity contribution < 1.29 is 14.3 Å². The molecule has 6 nitrogen and oxygen atoms in total. The van der Waals surface area contributed by atoms with Gasteiger partial charge in [0.2, 0.25) is 5.91 Å². The lowest BCUT2D eigenvalue weighted by Crippen LogP contribution is -2.21. The molecule has 1 aromatic heterocycles. The van der Waals surface area contributed by atoms with Crippen molar-refractivity contribution >= 4 is 34.1 Å². The van der Waals surface area contributed by atoms with Gasteiger partial charge in [-0.1, -0.05) is 11.6 Å². The topological polar surface area (TPSA) is 69.6 Å². The maximum absolute atomic E-state index is 12.4. The number of aromatic nitrogens is 1. The van der Waals surface area contributed by atoms with Crippen molar-refractivity contribution in [2.24, 2.45) is 0 Å². The minimum Gasteiger partial charge on any atom is -0.486 e. The van der Waals surface area contributed by atoms with Crippen molar-refractivity contribution in [3.63, 3.8) is 0 Å². The number of halogens is 1. The summed E-state index contributed by atoms with van der Waals surface area (Å²) in [4.78, 5) is 24.4. The fraction of sp³-hybridized carbons (Fsp3) is 0.158. The van der Waals surface area contributed by atoms with E-state index >= 15 is 0 Å². The van der Waals surface area contributed by atoms with Crippen LogP contribution < -0.4 is 20.2 Å². The van der Waals surface area contributed by atoms with Crippen molar-refractivity contribution in [3.8, 4) is 11.5 Å². The maximum Gasteiger partial charge on any atom is 0.244 e. The molecule has 3 aromatic rings. The Hall–Kier alpha value is -2.99. The third-order valence-electron chi connectivity index (χ3n) is 4.08. The van der Waals surface area contributed by atoms with Crippen LogP contribution in [-0.2, 0) is 11.3 Å². The van der Waals surface area contributed by atoms with E-state index in [1.54, 1.807) is 47.2 Å². The van der Waals surface area contributed by atoms with Crippen LogP contribution in [0.25, 0.3) is 10.9 Å². The number of rotatable bonds is 3. The van der Waals surface area contributed by atoms with Crippen LogP contribution in [0.15, 0.2) is 53.5 Å². The molecule has 1 aliphatic heterocycles. The number of nitrogens with one attached hydrogen (secondary N) is 1. The molecule has 7 heteroatoms. The molecule has 2 aromatic carbocycles. The molecule has 0 bridgehead atoms. The highest BCUT2D eigenvalue weighted by molar-refractivity contribution is 6.31. The van der Waals surface area contributed by atoms with Crippen molar-refractivity contribution in [1.29, 1.82) is 0 Å². The standard InChI is InChI=1S/C19H15ClN2O4/c20-12-1-3-14-15(9-12)22(6-5-16(14)23)11-19(24)21-13-2-4-17-18(10-13)26-8-7-25-17/h1-6,9-10H,7-8,11H2,(H,21,24). The summed E-state index contributed by atoms with van der Waals surface area (Å²) in [6, 6.07) is 11.7. The van der Waals surface area contributed by atoms with Crippen LogP contribution in [0.2, 0.25) is 5.02 Å². The number of anilines is 1. The van der Waals surface area contributed by atoms with Gasteiger partial charge in [-0.3, -0.25) is 9.59 Å². The summed E-state index contributed by atoms with van der Waals surface area (Å²) in [5.41, 5.74) is 1.12. The highest BCUT2D eigenvalue weighted by atomic mass is 35.5. The van der Waals surface area contributed by atoms with Crippen LogP contribution in [0.4, 0.5) is 5.69 Å². The lowest BCUT2D eigenvalue weighted by Gasteiger charge is -2.19. The molecule has 1 N–H and O–H groups in total. The van der Waals surface area contributed by atoms with E-state index in [2.05, 4.69) is 5.32 Å². The molecule has 26 heavy (non-hydrogen) atoms. The van der Waals surface area contributed by atoms with Crippen LogP contribution in [0.1, 0.15) is 0 Å². The van der Waals surface area contributed by atoms with E-state index in [0.29, 0.717) is 46.3 Å². The van der Waals surface area contributed by atoms with Crippen LogP contribution in [-0.4, -0.2) is 23.7 Å². The SMILES string of the molecule is O=C(Cn1ccc(=O)c2ccc(Cl)cc21)Nc1ccc2c(c1)OCCO2. The van der Waals surface area contributed by atoms with E-state index in [4.69, 9.17) is 21.1 Å². The van der Waals surface area contributed by atoms with Gasteiger partial charge < -0.3 is 19.4 Å². The second-order valence-electron chi connectivity index (χ2n) is 5.88. The molecule has 2 heterocycles. The average Bonchev–Trinajstić information content (AvgIpc) is 2.64. The number of fused-ring (bicyclic) bond motifs is 2. The van der Waals surface area contributed by atoms with Gasteiger partial charge in [0, 0.05) is 34.4 Å². The molecule has 0 aliphatic carbocycles. The minimum atomic E-state index is -0.230.